The monoisotopic (exact) mass is 306 g/mol. The topological polar surface area (TPSA) is 62.4 Å². The summed E-state index contributed by atoms with van der Waals surface area (Å²) < 4.78 is 0. The third kappa shape index (κ3) is 3.06. The van der Waals surface area contributed by atoms with Crippen molar-refractivity contribution in [2.45, 2.75) is 19.5 Å². The summed E-state index contributed by atoms with van der Waals surface area (Å²) in [6.07, 6.45) is 1.83. The Bertz CT molecular complexity index is 720. The summed E-state index contributed by atoms with van der Waals surface area (Å²) in [6.45, 7) is 4.28. The first-order chi connectivity index (χ1) is 11.1. The second-order valence-corrected chi connectivity index (χ2v) is 6.00. The van der Waals surface area contributed by atoms with Crippen LogP contribution in [0.15, 0.2) is 77.6 Å². The van der Waals surface area contributed by atoms with Gasteiger partial charge in [-0.05, 0) is 17.7 Å². The fourth-order valence-corrected chi connectivity index (χ4v) is 2.83. The smallest absolute Gasteiger partial charge is 0.161 e. The fraction of sp³-hybridized carbons (Fsp3) is 0.211. The summed E-state index contributed by atoms with van der Waals surface area (Å²) in [5, 5.41) is 6.92. The molecule has 118 valence electrons. The van der Waals surface area contributed by atoms with Gasteiger partial charge in [-0.25, -0.2) is 4.99 Å². The van der Waals surface area contributed by atoms with E-state index in [4.69, 9.17) is 10.7 Å². The van der Waals surface area contributed by atoms with Gasteiger partial charge >= 0.3 is 0 Å². The van der Waals surface area contributed by atoms with Crippen LogP contribution in [0.1, 0.15) is 19.4 Å². The highest BCUT2D eigenvalue weighted by Gasteiger charge is 2.38. The molecule has 0 aromatic heterocycles. The van der Waals surface area contributed by atoms with E-state index in [-0.39, 0.29) is 5.92 Å². The molecule has 2 aromatic carbocycles. The third-order valence-corrected chi connectivity index (χ3v) is 4.03. The number of para-hydroxylation sites is 1. The standard InChI is InChI=1S/C19H22N4/c1-14(2)19(15-9-5-3-6-10-15)22-17(20)13-18(23-19)21-16-11-7-4-8-12-16/h3-14,21,23H,1-2H3,(H2,20,22). The molecular weight excluding hydrogens is 284 g/mol. The number of rotatable bonds is 4. The number of nitrogens with zero attached hydrogens (tertiary/aromatic N) is 1. The van der Waals surface area contributed by atoms with E-state index in [0.29, 0.717) is 5.84 Å². The molecule has 0 bridgehead atoms. The maximum atomic E-state index is 6.12. The van der Waals surface area contributed by atoms with Crippen molar-refractivity contribution < 1.29 is 0 Å². The third-order valence-electron chi connectivity index (χ3n) is 4.03. The zero-order valence-corrected chi connectivity index (χ0v) is 13.5. The number of benzene rings is 2. The van der Waals surface area contributed by atoms with Crippen molar-refractivity contribution in [1.29, 1.82) is 0 Å². The van der Waals surface area contributed by atoms with E-state index in [1.54, 1.807) is 0 Å². The second-order valence-electron chi connectivity index (χ2n) is 6.00. The Hall–Kier alpha value is -2.75. The van der Waals surface area contributed by atoms with Crippen molar-refractivity contribution in [3.05, 3.63) is 78.1 Å². The molecule has 1 aliphatic heterocycles. The van der Waals surface area contributed by atoms with Crippen LogP contribution >= 0.6 is 0 Å². The molecule has 3 rings (SSSR count). The molecular formula is C19H22N4. The zero-order chi connectivity index (χ0) is 16.3. The Labute approximate surface area is 137 Å². The van der Waals surface area contributed by atoms with Crippen molar-refractivity contribution in [2.24, 2.45) is 16.6 Å². The lowest BCUT2D eigenvalue weighted by Gasteiger charge is -2.39. The highest BCUT2D eigenvalue weighted by atomic mass is 15.3. The van der Waals surface area contributed by atoms with Gasteiger partial charge in [0.05, 0.1) is 0 Å². The zero-order valence-electron chi connectivity index (χ0n) is 13.5. The van der Waals surface area contributed by atoms with Crippen LogP contribution in [-0.2, 0) is 5.66 Å². The summed E-state index contributed by atoms with van der Waals surface area (Å²) in [5.41, 5.74) is 7.65. The Balaban J connectivity index is 1.96. The Morgan fingerprint density at radius 1 is 1.00 bits per heavy atom. The lowest BCUT2D eigenvalue weighted by molar-refractivity contribution is 0.271. The minimum atomic E-state index is -0.572. The Morgan fingerprint density at radius 3 is 2.22 bits per heavy atom. The van der Waals surface area contributed by atoms with Gasteiger partial charge in [-0.1, -0.05) is 62.4 Å². The molecule has 0 amide bonds. The molecule has 1 unspecified atom stereocenters. The molecule has 1 aliphatic rings. The molecule has 4 nitrogen and oxygen atoms in total. The molecule has 4 heteroatoms. The average Bonchev–Trinajstić information content (AvgIpc) is 2.56. The molecule has 0 fully saturated rings. The molecule has 0 radical (unpaired) electrons. The number of anilines is 1. The lowest BCUT2D eigenvalue weighted by atomic mass is 9.87. The van der Waals surface area contributed by atoms with E-state index in [0.717, 1.165) is 17.1 Å². The summed E-state index contributed by atoms with van der Waals surface area (Å²) >= 11 is 0. The number of hydrogen-bond acceptors (Lipinski definition) is 4. The number of nitrogens with one attached hydrogen (secondary N) is 2. The van der Waals surface area contributed by atoms with E-state index < -0.39 is 5.66 Å². The van der Waals surface area contributed by atoms with Crippen LogP contribution in [0.5, 0.6) is 0 Å². The number of nitrogens with two attached hydrogens (primary N) is 1. The van der Waals surface area contributed by atoms with Crippen LogP contribution in [0.4, 0.5) is 5.69 Å². The normalized spacial score (nSPS) is 20.5. The van der Waals surface area contributed by atoms with Crippen molar-refractivity contribution in [1.82, 2.24) is 5.32 Å². The van der Waals surface area contributed by atoms with Gasteiger partial charge in [0, 0.05) is 17.7 Å². The van der Waals surface area contributed by atoms with Gasteiger partial charge in [-0.15, -0.1) is 0 Å². The number of amidine groups is 1. The van der Waals surface area contributed by atoms with Crippen LogP contribution in [0.25, 0.3) is 0 Å². The van der Waals surface area contributed by atoms with E-state index in [1.807, 2.05) is 54.6 Å². The van der Waals surface area contributed by atoms with Gasteiger partial charge in [-0.3, -0.25) is 0 Å². The van der Waals surface area contributed by atoms with Crippen LogP contribution in [0.2, 0.25) is 0 Å². The van der Waals surface area contributed by atoms with E-state index in [9.17, 15) is 0 Å². The van der Waals surface area contributed by atoms with Gasteiger partial charge in [0.1, 0.15) is 11.7 Å². The predicted molar refractivity (Wildman–Crippen MR) is 95.9 cm³/mol. The van der Waals surface area contributed by atoms with Crippen molar-refractivity contribution in [3.8, 4) is 0 Å². The van der Waals surface area contributed by atoms with E-state index in [1.165, 1.54) is 0 Å². The largest absolute Gasteiger partial charge is 0.384 e. The fourth-order valence-electron chi connectivity index (χ4n) is 2.83. The van der Waals surface area contributed by atoms with Gasteiger partial charge in [0.25, 0.3) is 0 Å². The van der Waals surface area contributed by atoms with Crippen LogP contribution in [-0.4, -0.2) is 5.84 Å². The predicted octanol–water partition coefficient (Wildman–Crippen LogP) is 3.41. The minimum Gasteiger partial charge on any atom is -0.384 e. The van der Waals surface area contributed by atoms with Crippen LogP contribution in [0, 0.1) is 5.92 Å². The first-order valence-corrected chi connectivity index (χ1v) is 7.83. The summed E-state index contributed by atoms with van der Waals surface area (Å²) in [4.78, 5) is 4.74. The molecule has 1 atom stereocenters. The van der Waals surface area contributed by atoms with Crippen LogP contribution in [0.3, 0.4) is 0 Å². The maximum Gasteiger partial charge on any atom is 0.161 e. The Morgan fingerprint density at radius 2 is 1.61 bits per heavy atom. The highest BCUT2D eigenvalue weighted by molar-refractivity contribution is 5.93. The molecule has 23 heavy (non-hydrogen) atoms. The molecule has 0 aliphatic carbocycles. The number of aliphatic imine (C=N–C) groups is 1. The summed E-state index contributed by atoms with van der Waals surface area (Å²) in [5.74, 6) is 1.59. The lowest BCUT2D eigenvalue weighted by Crippen LogP contribution is -2.49. The molecule has 0 saturated carbocycles. The SMILES string of the molecule is CC(C)C1(c2ccccc2)N=C(N)C=C(Nc2ccccc2)N1. The van der Waals surface area contributed by atoms with Crippen molar-refractivity contribution in [3.63, 3.8) is 0 Å². The quantitative estimate of drug-likeness (QED) is 0.811. The van der Waals surface area contributed by atoms with Crippen molar-refractivity contribution >= 4 is 11.5 Å². The van der Waals surface area contributed by atoms with Crippen molar-refractivity contribution in [2.75, 3.05) is 5.32 Å². The number of hydrogen-bond donors (Lipinski definition) is 3. The summed E-state index contributed by atoms with van der Waals surface area (Å²) in [6, 6.07) is 20.2. The highest BCUT2D eigenvalue weighted by Crippen LogP contribution is 2.34. The molecule has 0 spiro atoms. The molecule has 1 heterocycles. The first kappa shape index (κ1) is 15.2. The first-order valence-electron chi connectivity index (χ1n) is 7.83. The average molecular weight is 306 g/mol. The minimum absolute atomic E-state index is 0.227. The molecule has 0 saturated heterocycles. The van der Waals surface area contributed by atoms with E-state index in [2.05, 4.69) is 36.6 Å². The van der Waals surface area contributed by atoms with Gasteiger partial charge < -0.3 is 16.4 Å². The summed E-state index contributed by atoms with van der Waals surface area (Å²) in [7, 11) is 0. The molecule has 4 N–H and O–H groups in total. The van der Waals surface area contributed by atoms with Gasteiger partial charge in [0.2, 0.25) is 0 Å². The molecule has 2 aromatic rings. The van der Waals surface area contributed by atoms with Gasteiger partial charge in [0.15, 0.2) is 5.66 Å². The second kappa shape index (κ2) is 6.16. The van der Waals surface area contributed by atoms with Crippen LogP contribution < -0.4 is 16.4 Å². The maximum absolute atomic E-state index is 6.12. The Kier molecular flexibility index (Phi) is 4.06. The van der Waals surface area contributed by atoms with E-state index >= 15 is 0 Å². The van der Waals surface area contributed by atoms with Gasteiger partial charge in [-0.2, -0.15) is 0 Å².